The Morgan fingerprint density at radius 2 is 1.79 bits per heavy atom. The molecule has 0 radical (unpaired) electrons. The van der Waals surface area contributed by atoms with E-state index >= 15 is 0 Å². The van der Waals surface area contributed by atoms with Gasteiger partial charge in [-0.3, -0.25) is 4.79 Å². The first-order chi connectivity index (χ1) is 16.1. The van der Waals surface area contributed by atoms with Crippen LogP contribution in [0.4, 0.5) is 0 Å². The summed E-state index contributed by atoms with van der Waals surface area (Å²) < 4.78 is 10.6. The molecule has 6 heteroatoms. The van der Waals surface area contributed by atoms with Gasteiger partial charge in [0.15, 0.2) is 0 Å². The molecule has 0 fully saturated rings. The summed E-state index contributed by atoms with van der Waals surface area (Å²) in [5, 5.41) is 4.72. The predicted octanol–water partition coefficient (Wildman–Crippen LogP) is 4.84. The van der Waals surface area contributed by atoms with Gasteiger partial charge in [0, 0.05) is 34.9 Å². The van der Waals surface area contributed by atoms with Crippen LogP contribution in [-0.2, 0) is 0 Å². The van der Waals surface area contributed by atoms with Gasteiger partial charge in [-0.05, 0) is 41.5 Å². The second kappa shape index (κ2) is 8.67. The Morgan fingerprint density at radius 1 is 1.03 bits per heavy atom. The lowest BCUT2D eigenvalue weighted by Crippen LogP contribution is -2.32. The molecule has 1 amide bonds. The predicted molar refractivity (Wildman–Crippen MR) is 128 cm³/mol. The summed E-state index contributed by atoms with van der Waals surface area (Å²) in [5.41, 5.74) is 2.88. The van der Waals surface area contributed by atoms with Crippen molar-refractivity contribution in [1.82, 2.24) is 10.3 Å². The molecule has 0 saturated heterocycles. The van der Waals surface area contributed by atoms with Crippen LogP contribution in [0.25, 0.3) is 21.9 Å². The smallest absolute Gasteiger partial charge is 0.349 e. The van der Waals surface area contributed by atoms with Crippen LogP contribution in [0, 0.1) is 0 Å². The first-order valence-corrected chi connectivity index (χ1v) is 10.6. The molecule has 1 unspecified atom stereocenters. The quantitative estimate of drug-likeness (QED) is 0.372. The van der Waals surface area contributed by atoms with E-state index < -0.39 is 11.5 Å². The molecule has 2 N–H and O–H groups in total. The maximum absolute atomic E-state index is 13.0. The molecular weight excluding hydrogens is 416 g/mol. The molecule has 6 nitrogen and oxygen atoms in total. The molecular formula is C27H22N2O4. The number of hydrogen-bond donors (Lipinski definition) is 2. The molecule has 0 saturated carbocycles. The highest BCUT2D eigenvalue weighted by Gasteiger charge is 2.21. The Balaban J connectivity index is 1.48. The highest BCUT2D eigenvalue weighted by Crippen LogP contribution is 2.31. The summed E-state index contributed by atoms with van der Waals surface area (Å²) in [6.07, 6.45) is 1.97. The summed E-state index contributed by atoms with van der Waals surface area (Å²) in [6.45, 7) is 0.305. The summed E-state index contributed by atoms with van der Waals surface area (Å²) in [4.78, 5) is 28.7. The molecule has 0 aliphatic heterocycles. The number of benzene rings is 3. The van der Waals surface area contributed by atoms with Crippen molar-refractivity contribution in [1.29, 1.82) is 0 Å². The highest BCUT2D eigenvalue weighted by molar-refractivity contribution is 5.96. The molecule has 5 rings (SSSR count). The molecule has 164 valence electrons. The number of aromatic amines is 1. The monoisotopic (exact) mass is 438 g/mol. The lowest BCUT2D eigenvalue weighted by molar-refractivity contribution is 0.0949. The Morgan fingerprint density at radius 3 is 2.61 bits per heavy atom. The topological polar surface area (TPSA) is 84.3 Å². The van der Waals surface area contributed by atoms with Crippen molar-refractivity contribution in [3.8, 4) is 5.75 Å². The minimum atomic E-state index is -0.653. The van der Waals surface area contributed by atoms with Crippen molar-refractivity contribution in [2.24, 2.45) is 0 Å². The molecule has 1 atom stereocenters. The van der Waals surface area contributed by atoms with Gasteiger partial charge in [-0.2, -0.15) is 0 Å². The zero-order chi connectivity index (χ0) is 22.8. The Kier molecular flexibility index (Phi) is 5.40. The number of methoxy groups -OCH3 is 1. The van der Waals surface area contributed by atoms with Crippen LogP contribution in [0.2, 0.25) is 0 Å². The Labute approximate surface area is 189 Å². The second-order valence-corrected chi connectivity index (χ2v) is 7.81. The molecule has 0 aliphatic carbocycles. The van der Waals surface area contributed by atoms with Crippen LogP contribution in [0.1, 0.15) is 27.4 Å². The third-order valence-corrected chi connectivity index (χ3v) is 5.87. The molecule has 5 aromatic rings. The van der Waals surface area contributed by atoms with Gasteiger partial charge in [0.2, 0.25) is 0 Å². The fraction of sp³-hybridized carbons (Fsp3) is 0.111. The van der Waals surface area contributed by atoms with Crippen LogP contribution in [-0.4, -0.2) is 24.5 Å². The minimum absolute atomic E-state index is 0.0129. The van der Waals surface area contributed by atoms with E-state index in [1.807, 2.05) is 54.7 Å². The van der Waals surface area contributed by atoms with Gasteiger partial charge in [0.1, 0.15) is 16.9 Å². The number of H-pyrrole nitrogens is 1. The number of ether oxygens (including phenoxy) is 1. The van der Waals surface area contributed by atoms with Crippen molar-refractivity contribution >= 4 is 27.8 Å². The van der Waals surface area contributed by atoms with E-state index in [-0.39, 0.29) is 11.5 Å². The zero-order valence-corrected chi connectivity index (χ0v) is 18.0. The lowest BCUT2D eigenvalue weighted by Gasteiger charge is -2.18. The van der Waals surface area contributed by atoms with Crippen molar-refractivity contribution in [3.05, 3.63) is 112 Å². The van der Waals surface area contributed by atoms with Crippen LogP contribution < -0.4 is 15.7 Å². The van der Waals surface area contributed by atoms with E-state index in [1.54, 1.807) is 31.4 Å². The molecule has 3 aromatic carbocycles. The van der Waals surface area contributed by atoms with Gasteiger partial charge >= 0.3 is 5.63 Å². The average Bonchev–Trinajstić information content (AvgIpc) is 3.28. The van der Waals surface area contributed by atoms with Gasteiger partial charge in [-0.1, -0.05) is 48.5 Å². The normalized spacial score (nSPS) is 12.0. The number of hydrogen-bond acceptors (Lipinski definition) is 4. The number of rotatable bonds is 6. The van der Waals surface area contributed by atoms with E-state index in [4.69, 9.17) is 9.15 Å². The third kappa shape index (κ3) is 3.99. The molecule has 0 bridgehead atoms. The maximum atomic E-state index is 13.0. The maximum Gasteiger partial charge on any atom is 0.349 e. The van der Waals surface area contributed by atoms with Crippen molar-refractivity contribution in [3.63, 3.8) is 0 Å². The molecule has 0 spiro atoms. The van der Waals surface area contributed by atoms with Gasteiger partial charge in [0.25, 0.3) is 5.91 Å². The zero-order valence-electron chi connectivity index (χ0n) is 18.0. The van der Waals surface area contributed by atoms with E-state index in [9.17, 15) is 9.59 Å². The Bertz CT molecular complexity index is 1500. The van der Waals surface area contributed by atoms with E-state index in [2.05, 4.69) is 16.4 Å². The number of carbonyl (C=O) groups is 1. The second-order valence-electron chi connectivity index (χ2n) is 7.81. The summed E-state index contributed by atoms with van der Waals surface area (Å²) in [7, 11) is 1.63. The number of fused-ring (bicyclic) bond motifs is 2. The van der Waals surface area contributed by atoms with Crippen LogP contribution in [0.15, 0.2) is 94.3 Å². The van der Waals surface area contributed by atoms with E-state index in [1.165, 1.54) is 0 Å². The van der Waals surface area contributed by atoms with Gasteiger partial charge in [-0.15, -0.1) is 0 Å². The number of para-hydroxylation sites is 2. The largest absolute Gasteiger partial charge is 0.497 e. The first-order valence-electron chi connectivity index (χ1n) is 10.6. The highest BCUT2D eigenvalue weighted by atomic mass is 16.5. The van der Waals surface area contributed by atoms with Crippen LogP contribution in [0.3, 0.4) is 0 Å². The third-order valence-electron chi connectivity index (χ3n) is 5.87. The summed E-state index contributed by atoms with van der Waals surface area (Å²) in [5.74, 6) is 0.158. The molecule has 2 heterocycles. The van der Waals surface area contributed by atoms with E-state index in [0.29, 0.717) is 17.5 Å². The molecule has 0 aliphatic rings. The fourth-order valence-corrected chi connectivity index (χ4v) is 4.14. The SMILES string of the molecule is COc1ccc(C(CNC(=O)c2cc3ccccc3oc2=O)c2c[nH]c3ccccc23)cc1. The standard InChI is InChI=1S/C27H22N2O4/c1-32-19-12-10-17(11-13-19)22(23-16-28-24-8-4-3-7-20(23)24)15-29-26(30)21-14-18-6-2-5-9-25(18)33-27(21)31/h2-14,16,22,28H,15H2,1H3,(H,29,30). The van der Waals surface area contributed by atoms with Crippen LogP contribution in [0.5, 0.6) is 5.75 Å². The number of carbonyl (C=O) groups excluding carboxylic acids is 1. The fourth-order valence-electron chi connectivity index (χ4n) is 4.14. The molecule has 33 heavy (non-hydrogen) atoms. The van der Waals surface area contributed by atoms with Gasteiger partial charge < -0.3 is 19.5 Å². The number of aromatic nitrogens is 1. The molecule has 2 aromatic heterocycles. The number of nitrogens with one attached hydrogen (secondary N) is 2. The van der Waals surface area contributed by atoms with Gasteiger partial charge in [0.05, 0.1) is 7.11 Å². The average molecular weight is 438 g/mol. The van der Waals surface area contributed by atoms with Crippen LogP contribution >= 0.6 is 0 Å². The van der Waals surface area contributed by atoms with Crippen molar-refractivity contribution in [2.75, 3.05) is 13.7 Å². The summed E-state index contributed by atoms with van der Waals surface area (Å²) >= 11 is 0. The van der Waals surface area contributed by atoms with E-state index in [0.717, 1.165) is 27.8 Å². The minimum Gasteiger partial charge on any atom is -0.497 e. The lowest BCUT2D eigenvalue weighted by atomic mass is 9.90. The first kappa shape index (κ1) is 20.6. The van der Waals surface area contributed by atoms with Gasteiger partial charge in [-0.25, -0.2) is 4.79 Å². The Hall–Kier alpha value is -4.32. The van der Waals surface area contributed by atoms with Crippen molar-refractivity contribution in [2.45, 2.75) is 5.92 Å². The van der Waals surface area contributed by atoms with Crippen molar-refractivity contribution < 1.29 is 13.9 Å². The number of amides is 1. The summed E-state index contributed by atoms with van der Waals surface area (Å²) in [6, 6.07) is 24.5.